The minimum Gasteiger partial charge on any atom is -0.489 e. The monoisotopic (exact) mass is 678 g/mol. The fraction of sp³-hybridized carbons (Fsp3) is 0.316. The molecule has 2 aliphatic heterocycles. The third-order valence-electron chi connectivity index (χ3n) is 8.96. The van der Waals surface area contributed by atoms with Crippen LogP contribution in [-0.4, -0.2) is 65.3 Å². The van der Waals surface area contributed by atoms with Gasteiger partial charge in [-0.2, -0.15) is 5.26 Å². The van der Waals surface area contributed by atoms with Crippen LogP contribution in [0.1, 0.15) is 50.4 Å². The Labute approximate surface area is 287 Å². The van der Waals surface area contributed by atoms with Crippen molar-refractivity contribution in [1.82, 2.24) is 14.5 Å². The zero-order chi connectivity index (χ0) is 34.6. The molecule has 0 amide bonds. The van der Waals surface area contributed by atoms with Crippen molar-refractivity contribution in [3.8, 4) is 29.0 Å². The van der Waals surface area contributed by atoms with Crippen molar-refractivity contribution in [3.05, 3.63) is 106 Å². The van der Waals surface area contributed by atoms with Gasteiger partial charge in [-0.25, -0.2) is 19.2 Å². The van der Waals surface area contributed by atoms with Gasteiger partial charge in [-0.15, -0.1) is 0 Å². The number of ether oxygens (including phenoxy) is 5. The third-order valence-corrected chi connectivity index (χ3v) is 8.96. The number of hydrogen-bond donors (Lipinski definition) is 1. The summed E-state index contributed by atoms with van der Waals surface area (Å²) in [6.07, 6.45) is 1.50. The van der Waals surface area contributed by atoms with E-state index in [1.165, 1.54) is 12.1 Å². The Balaban J connectivity index is 1.30. The molecule has 1 fully saturated rings. The highest BCUT2D eigenvalue weighted by Gasteiger charge is 2.25. The zero-order valence-electron chi connectivity index (χ0n) is 27.5. The first-order valence-electron chi connectivity index (χ1n) is 16.4. The van der Waals surface area contributed by atoms with Crippen molar-refractivity contribution in [1.29, 1.82) is 5.26 Å². The molecule has 4 heterocycles. The lowest BCUT2D eigenvalue weighted by Crippen LogP contribution is -2.31. The maximum Gasteiger partial charge on any atom is 0.335 e. The number of halogens is 1. The summed E-state index contributed by atoms with van der Waals surface area (Å²) in [5.74, 6) is -0.298. The summed E-state index contributed by atoms with van der Waals surface area (Å²) in [5.41, 5.74) is 5.54. The Morgan fingerprint density at radius 3 is 2.74 bits per heavy atom. The van der Waals surface area contributed by atoms with E-state index in [9.17, 15) is 15.2 Å². The Kier molecular flexibility index (Phi) is 9.71. The first-order valence-corrected chi connectivity index (χ1v) is 16.4. The molecule has 11 nitrogen and oxygen atoms in total. The Morgan fingerprint density at radius 2 is 1.96 bits per heavy atom. The van der Waals surface area contributed by atoms with Gasteiger partial charge < -0.3 is 33.4 Å². The number of carboxylic acid groups (broad SMARTS) is 1. The molecule has 0 radical (unpaired) electrons. The number of rotatable bonds is 9. The quantitative estimate of drug-likeness (QED) is 0.189. The first kappa shape index (κ1) is 33.2. The molecular weight excluding hydrogens is 643 g/mol. The highest BCUT2D eigenvalue weighted by molar-refractivity contribution is 5.95. The van der Waals surface area contributed by atoms with Gasteiger partial charge in [0.05, 0.1) is 60.9 Å². The van der Waals surface area contributed by atoms with Crippen LogP contribution in [0.4, 0.5) is 4.39 Å². The number of hydrogen-bond acceptors (Lipinski definition) is 9. The SMILES string of the molecule is COCCOc1cc(C(=O)O)cc2c1nc(Cc1cc(F)c3cc1COCCc1cc(ccc1C#N)COc1cccc-3n1)n2C[C@@H]1CCO1. The van der Waals surface area contributed by atoms with Crippen LogP contribution in [0, 0.1) is 17.1 Å². The number of imidazole rings is 1. The van der Waals surface area contributed by atoms with Crippen LogP contribution in [0.2, 0.25) is 0 Å². The molecular formula is C38H35FN4O7. The molecule has 256 valence electrons. The van der Waals surface area contributed by atoms with Crippen LogP contribution in [0.5, 0.6) is 11.6 Å². The lowest BCUT2D eigenvalue weighted by molar-refractivity contribution is -0.0589. The fourth-order valence-corrected chi connectivity index (χ4v) is 6.22. The van der Waals surface area contributed by atoms with Crippen molar-refractivity contribution >= 4 is 17.0 Å². The molecule has 50 heavy (non-hydrogen) atoms. The second kappa shape index (κ2) is 14.6. The van der Waals surface area contributed by atoms with Gasteiger partial charge in [0, 0.05) is 31.8 Å². The summed E-state index contributed by atoms with van der Waals surface area (Å²) in [7, 11) is 1.56. The number of nitrogens with zero attached hydrogens (tertiary/aromatic N) is 4. The van der Waals surface area contributed by atoms with E-state index < -0.39 is 11.8 Å². The van der Waals surface area contributed by atoms with E-state index in [0.29, 0.717) is 83.7 Å². The van der Waals surface area contributed by atoms with Crippen LogP contribution in [-0.2, 0) is 46.8 Å². The van der Waals surface area contributed by atoms with E-state index in [1.807, 2.05) is 16.7 Å². The van der Waals surface area contributed by atoms with Gasteiger partial charge in [-0.05, 0) is 71.5 Å². The van der Waals surface area contributed by atoms with E-state index in [4.69, 9.17) is 28.7 Å². The molecule has 1 atom stereocenters. The van der Waals surface area contributed by atoms with Crippen molar-refractivity contribution in [2.75, 3.05) is 33.5 Å². The van der Waals surface area contributed by atoms with E-state index in [2.05, 4.69) is 11.1 Å². The topological polar surface area (TPSA) is 138 Å². The normalized spacial score (nSPS) is 15.7. The van der Waals surface area contributed by atoms with Gasteiger partial charge in [-0.1, -0.05) is 18.2 Å². The summed E-state index contributed by atoms with van der Waals surface area (Å²) in [6.45, 7) is 2.34. The van der Waals surface area contributed by atoms with Gasteiger partial charge in [0.15, 0.2) is 0 Å². The molecule has 0 unspecified atom stereocenters. The maximum absolute atomic E-state index is 16.1. The van der Waals surface area contributed by atoms with Crippen LogP contribution >= 0.6 is 0 Å². The summed E-state index contributed by atoms with van der Waals surface area (Å²) >= 11 is 0. The zero-order valence-corrected chi connectivity index (χ0v) is 27.5. The standard InChI is InChI=1S/C38H35FN4O7/c1-46-11-12-49-34-17-27(38(44)45)16-33-37(34)42-35(43(33)20-29-8-10-48-29)18-26-15-31(39)30-14-28(26)22-47-9-7-24-13-23(5-6-25(24)19-40)21-50-36-4-2-3-32(30)41-36/h2-6,13-17,29H,7-12,18,20-22H2,1H3,(H,44,45)/t29-/m0/s1. The van der Waals surface area contributed by atoms with Crippen molar-refractivity contribution in [3.63, 3.8) is 0 Å². The smallest absolute Gasteiger partial charge is 0.335 e. The second-order valence-electron chi connectivity index (χ2n) is 12.2. The van der Waals surface area contributed by atoms with Crippen molar-refractivity contribution in [2.24, 2.45) is 0 Å². The maximum atomic E-state index is 16.1. The minimum absolute atomic E-state index is 0.0596. The molecule has 1 saturated heterocycles. The number of fused-ring (bicyclic) bond motifs is 8. The molecule has 7 rings (SSSR count). The number of nitriles is 1. The molecule has 0 aliphatic carbocycles. The average molecular weight is 679 g/mol. The predicted octanol–water partition coefficient (Wildman–Crippen LogP) is 5.86. The number of carbonyl (C=O) groups is 1. The fourth-order valence-electron chi connectivity index (χ4n) is 6.22. The van der Waals surface area contributed by atoms with Gasteiger partial charge >= 0.3 is 5.97 Å². The predicted molar refractivity (Wildman–Crippen MR) is 180 cm³/mol. The minimum atomic E-state index is -1.10. The summed E-state index contributed by atoms with van der Waals surface area (Å²) < 4.78 is 47.1. The second-order valence-corrected chi connectivity index (χ2v) is 12.2. The van der Waals surface area contributed by atoms with Crippen LogP contribution in [0.15, 0.2) is 60.7 Å². The van der Waals surface area contributed by atoms with Gasteiger partial charge in [0.2, 0.25) is 5.88 Å². The van der Waals surface area contributed by atoms with Crippen molar-refractivity contribution in [2.45, 2.75) is 45.1 Å². The lowest BCUT2D eigenvalue weighted by Gasteiger charge is -2.27. The highest BCUT2D eigenvalue weighted by Crippen LogP contribution is 2.33. The highest BCUT2D eigenvalue weighted by atomic mass is 19.1. The van der Waals surface area contributed by atoms with Gasteiger partial charge in [-0.3, -0.25) is 0 Å². The van der Waals surface area contributed by atoms with E-state index in [1.54, 1.807) is 43.5 Å². The summed E-state index contributed by atoms with van der Waals surface area (Å²) in [5, 5.41) is 19.6. The van der Waals surface area contributed by atoms with Gasteiger partial charge in [0.25, 0.3) is 0 Å². The number of aromatic nitrogens is 3. The number of pyridine rings is 1. The Hall–Kier alpha value is -5.35. The molecule has 2 aromatic heterocycles. The molecule has 5 aromatic rings. The lowest BCUT2D eigenvalue weighted by atomic mass is 9.98. The van der Waals surface area contributed by atoms with Crippen LogP contribution in [0.3, 0.4) is 0 Å². The van der Waals surface area contributed by atoms with E-state index in [-0.39, 0.29) is 37.9 Å². The molecule has 6 bridgehead atoms. The van der Waals surface area contributed by atoms with E-state index >= 15 is 4.39 Å². The molecule has 12 heteroatoms. The number of benzene rings is 3. The average Bonchev–Trinajstić information content (AvgIpc) is 3.44. The number of aromatic carboxylic acids is 1. The largest absolute Gasteiger partial charge is 0.489 e. The van der Waals surface area contributed by atoms with Gasteiger partial charge in [0.1, 0.15) is 36.1 Å². The molecule has 0 spiro atoms. The summed E-state index contributed by atoms with van der Waals surface area (Å²) in [6, 6.07) is 19.3. The molecule has 2 aliphatic rings. The Bertz CT molecular complexity index is 2100. The number of methoxy groups -OCH3 is 1. The molecule has 3 aromatic carbocycles. The van der Waals surface area contributed by atoms with Crippen LogP contribution in [0.25, 0.3) is 22.3 Å². The Morgan fingerprint density at radius 1 is 1.08 bits per heavy atom. The molecule has 1 N–H and O–H groups in total. The van der Waals surface area contributed by atoms with Crippen molar-refractivity contribution < 1.29 is 38.0 Å². The number of carboxylic acids is 1. The van der Waals surface area contributed by atoms with E-state index in [0.717, 1.165) is 23.1 Å². The molecule has 0 saturated carbocycles. The first-order chi connectivity index (χ1) is 24.4. The third kappa shape index (κ3) is 7.02. The van der Waals surface area contributed by atoms with Crippen LogP contribution < -0.4 is 9.47 Å². The summed E-state index contributed by atoms with van der Waals surface area (Å²) in [4.78, 5) is 21.7.